The zero-order chi connectivity index (χ0) is 9.84. The van der Waals surface area contributed by atoms with Crippen molar-refractivity contribution in [3.05, 3.63) is 33.8 Å². The van der Waals surface area contributed by atoms with Crippen LogP contribution in [0.2, 0.25) is 10.0 Å². The topological polar surface area (TPSA) is 49.8 Å². The van der Waals surface area contributed by atoms with Crippen LogP contribution in [0.15, 0.2) is 18.2 Å². The second-order valence-corrected chi connectivity index (χ2v) is 3.48. The Bertz CT molecular complexity index is 344. The fourth-order valence-corrected chi connectivity index (χ4v) is 1.45. The summed E-state index contributed by atoms with van der Waals surface area (Å²) >= 11 is 11.6. The second kappa shape index (κ2) is 4.48. The average Bonchev–Trinajstić information content (AvgIpc) is 2.09. The molecule has 0 heterocycles. The molecule has 0 aliphatic carbocycles. The number of hydrogen-bond acceptors (Lipinski definition) is 2. The first-order chi connectivity index (χ1) is 6.15. The molecule has 1 aromatic carbocycles. The maximum absolute atomic E-state index is 8.45. The first-order valence-corrected chi connectivity index (χ1v) is 4.48. The molecule has 0 aliphatic heterocycles. The molecule has 1 unspecified atom stereocenters. The number of hydrogen-bond donors (Lipinski definition) is 1. The molecule has 0 spiro atoms. The summed E-state index contributed by atoms with van der Waals surface area (Å²) in [5.74, 6) is 0. The first kappa shape index (κ1) is 10.3. The summed E-state index contributed by atoms with van der Waals surface area (Å²) < 4.78 is 0. The summed E-state index contributed by atoms with van der Waals surface area (Å²) in [5.41, 5.74) is 6.43. The quantitative estimate of drug-likeness (QED) is 0.824. The molecule has 0 saturated carbocycles. The lowest BCUT2D eigenvalue weighted by Crippen LogP contribution is -2.09. The van der Waals surface area contributed by atoms with Gasteiger partial charge in [-0.15, -0.1) is 0 Å². The molecule has 2 nitrogen and oxygen atoms in total. The number of nitriles is 1. The van der Waals surface area contributed by atoms with E-state index in [-0.39, 0.29) is 12.5 Å². The SMILES string of the molecule is N#CCC(N)c1cc(Cl)ccc1Cl. The highest BCUT2D eigenvalue weighted by molar-refractivity contribution is 6.33. The molecule has 0 bridgehead atoms. The molecule has 68 valence electrons. The Hall–Kier alpha value is -0.750. The van der Waals surface area contributed by atoms with Crippen molar-refractivity contribution in [1.82, 2.24) is 0 Å². The molecule has 0 aliphatic rings. The summed E-state index contributed by atoms with van der Waals surface area (Å²) in [6.07, 6.45) is 0.236. The number of halogens is 2. The van der Waals surface area contributed by atoms with Gasteiger partial charge in [-0.05, 0) is 23.8 Å². The van der Waals surface area contributed by atoms with Crippen molar-refractivity contribution in [2.24, 2.45) is 5.73 Å². The van der Waals surface area contributed by atoms with Crippen LogP contribution in [0.5, 0.6) is 0 Å². The van der Waals surface area contributed by atoms with Gasteiger partial charge in [0, 0.05) is 16.1 Å². The molecule has 0 saturated heterocycles. The molecule has 2 N–H and O–H groups in total. The van der Waals surface area contributed by atoms with E-state index in [0.29, 0.717) is 10.0 Å². The van der Waals surface area contributed by atoms with Gasteiger partial charge in [-0.3, -0.25) is 0 Å². The monoisotopic (exact) mass is 214 g/mol. The highest BCUT2D eigenvalue weighted by Crippen LogP contribution is 2.26. The van der Waals surface area contributed by atoms with E-state index in [9.17, 15) is 0 Å². The van der Waals surface area contributed by atoms with Crippen molar-refractivity contribution in [1.29, 1.82) is 5.26 Å². The Morgan fingerprint density at radius 3 is 2.77 bits per heavy atom. The highest BCUT2D eigenvalue weighted by atomic mass is 35.5. The van der Waals surface area contributed by atoms with E-state index in [1.165, 1.54) is 0 Å². The number of nitrogens with zero attached hydrogens (tertiary/aromatic N) is 1. The van der Waals surface area contributed by atoms with Crippen LogP contribution < -0.4 is 5.73 Å². The summed E-state index contributed by atoms with van der Waals surface area (Å²) in [4.78, 5) is 0. The van der Waals surface area contributed by atoms with E-state index < -0.39 is 0 Å². The largest absolute Gasteiger partial charge is 0.323 e. The fraction of sp³-hybridized carbons (Fsp3) is 0.222. The Kier molecular flexibility index (Phi) is 3.56. The highest BCUT2D eigenvalue weighted by Gasteiger charge is 2.09. The smallest absolute Gasteiger partial charge is 0.0641 e. The van der Waals surface area contributed by atoms with Crippen LogP contribution in [0.3, 0.4) is 0 Å². The van der Waals surface area contributed by atoms with Crippen molar-refractivity contribution in [3.8, 4) is 6.07 Å². The van der Waals surface area contributed by atoms with E-state index >= 15 is 0 Å². The average molecular weight is 215 g/mol. The third-order valence-electron chi connectivity index (χ3n) is 1.67. The van der Waals surface area contributed by atoms with E-state index in [1.54, 1.807) is 18.2 Å². The zero-order valence-electron chi connectivity index (χ0n) is 6.80. The van der Waals surface area contributed by atoms with Crippen LogP contribution in [-0.4, -0.2) is 0 Å². The van der Waals surface area contributed by atoms with Crippen LogP contribution in [0.4, 0.5) is 0 Å². The summed E-state index contributed by atoms with van der Waals surface area (Å²) in [7, 11) is 0. The first-order valence-electron chi connectivity index (χ1n) is 3.72. The van der Waals surface area contributed by atoms with Gasteiger partial charge in [0.25, 0.3) is 0 Å². The Labute approximate surface area is 86.9 Å². The third-order valence-corrected chi connectivity index (χ3v) is 2.25. The van der Waals surface area contributed by atoms with Crippen LogP contribution in [0, 0.1) is 11.3 Å². The normalized spacial score (nSPS) is 12.2. The molecule has 4 heteroatoms. The zero-order valence-corrected chi connectivity index (χ0v) is 8.31. The number of benzene rings is 1. The molecule has 1 atom stereocenters. The number of nitrogens with two attached hydrogens (primary N) is 1. The lowest BCUT2D eigenvalue weighted by Gasteiger charge is -2.09. The van der Waals surface area contributed by atoms with E-state index in [1.807, 2.05) is 6.07 Å². The molecule has 0 aromatic heterocycles. The van der Waals surface area contributed by atoms with Crippen molar-refractivity contribution in [2.75, 3.05) is 0 Å². The molecular weight excluding hydrogens is 207 g/mol. The van der Waals surface area contributed by atoms with Gasteiger partial charge in [-0.1, -0.05) is 23.2 Å². The molecular formula is C9H8Cl2N2. The summed E-state index contributed by atoms with van der Waals surface area (Å²) in [6, 6.07) is 6.67. The minimum absolute atomic E-state index is 0.236. The van der Waals surface area contributed by atoms with Crippen molar-refractivity contribution < 1.29 is 0 Å². The maximum Gasteiger partial charge on any atom is 0.0641 e. The lowest BCUT2D eigenvalue weighted by atomic mass is 10.1. The van der Waals surface area contributed by atoms with Crippen LogP contribution in [0.25, 0.3) is 0 Å². The van der Waals surface area contributed by atoms with E-state index in [4.69, 9.17) is 34.2 Å². The van der Waals surface area contributed by atoms with Crippen LogP contribution in [0.1, 0.15) is 18.0 Å². The van der Waals surface area contributed by atoms with E-state index in [0.717, 1.165) is 5.56 Å². The fourth-order valence-electron chi connectivity index (χ4n) is 1.01. The van der Waals surface area contributed by atoms with Gasteiger partial charge in [0.2, 0.25) is 0 Å². The third kappa shape index (κ3) is 2.60. The number of rotatable bonds is 2. The molecule has 1 rings (SSSR count). The van der Waals surface area contributed by atoms with Gasteiger partial charge in [-0.25, -0.2) is 0 Å². The van der Waals surface area contributed by atoms with Gasteiger partial charge in [0.05, 0.1) is 12.5 Å². The van der Waals surface area contributed by atoms with Crippen LogP contribution >= 0.6 is 23.2 Å². The molecule has 13 heavy (non-hydrogen) atoms. The molecule has 0 amide bonds. The molecule has 1 aromatic rings. The second-order valence-electron chi connectivity index (χ2n) is 2.63. The molecule has 0 radical (unpaired) electrons. The standard InChI is InChI=1S/C9H8Cl2N2/c10-6-1-2-8(11)7(5-6)9(13)3-4-12/h1-2,5,9H,3,13H2. The van der Waals surface area contributed by atoms with Crippen molar-refractivity contribution in [3.63, 3.8) is 0 Å². The minimum atomic E-state index is -0.365. The molecule has 0 fully saturated rings. The van der Waals surface area contributed by atoms with Crippen molar-refractivity contribution in [2.45, 2.75) is 12.5 Å². The van der Waals surface area contributed by atoms with Gasteiger partial charge in [0.1, 0.15) is 0 Å². The Morgan fingerprint density at radius 1 is 1.46 bits per heavy atom. The van der Waals surface area contributed by atoms with Crippen LogP contribution in [-0.2, 0) is 0 Å². The van der Waals surface area contributed by atoms with Gasteiger partial charge in [-0.2, -0.15) is 5.26 Å². The van der Waals surface area contributed by atoms with Gasteiger partial charge >= 0.3 is 0 Å². The maximum atomic E-state index is 8.45. The summed E-state index contributed by atoms with van der Waals surface area (Å²) in [5, 5.41) is 9.58. The summed E-state index contributed by atoms with van der Waals surface area (Å²) in [6.45, 7) is 0. The van der Waals surface area contributed by atoms with Crippen molar-refractivity contribution >= 4 is 23.2 Å². The lowest BCUT2D eigenvalue weighted by molar-refractivity contribution is 0.749. The van der Waals surface area contributed by atoms with Gasteiger partial charge < -0.3 is 5.73 Å². The predicted molar refractivity (Wildman–Crippen MR) is 53.6 cm³/mol. The Balaban J connectivity index is 3.00. The minimum Gasteiger partial charge on any atom is -0.323 e. The predicted octanol–water partition coefficient (Wildman–Crippen LogP) is 2.91. The van der Waals surface area contributed by atoms with E-state index in [2.05, 4.69) is 0 Å². The van der Waals surface area contributed by atoms with Gasteiger partial charge in [0.15, 0.2) is 0 Å². The Morgan fingerprint density at radius 2 is 2.15 bits per heavy atom.